The molecule has 2 aromatic rings. The first kappa shape index (κ1) is 25.0. The molecule has 3 rings (SSSR count). The van der Waals surface area contributed by atoms with Crippen molar-refractivity contribution in [1.82, 2.24) is 4.90 Å². The van der Waals surface area contributed by atoms with Gasteiger partial charge in [0.15, 0.2) is 0 Å². The van der Waals surface area contributed by atoms with Crippen LogP contribution in [0.3, 0.4) is 0 Å². The van der Waals surface area contributed by atoms with Crippen LogP contribution in [0, 0.1) is 5.92 Å². The summed E-state index contributed by atoms with van der Waals surface area (Å²) in [4.78, 5) is 25.7. The van der Waals surface area contributed by atoms with Gasteiger partial charge >= 0.3 is 12.1 Å². The molecule has 10 heteroatoms. The second-order valence-corrected chi connectivity index (χ2v) is 8.83. The third kappa shape index (κ3) is 6.03. The Labute approximate surface area is 198 Å². The highest BCUT2D eigenvalue weighted by Crippen LogP contribution is 2.45. The van der Waals surface area contributed by atoms with Crippen LogP contribution in [0.2, 0.25) is 5.02 Å². The normalized spacial score (nSPS) is 15.1. The monoisotopic (exact) mass is 499 g/mol. The molecule has 0 bridgehead atoms. The number of carbonyl (C=O) groups excluding carboxylic acids is 1. The standard InChI is InChI=1S/C23H21ClF3NO4S/c1-32-16-4-2-3-5-17(16)33-18-8-6-14(20(21(18)24)23(25,26)27)7-9-19(29)28-12-10-15(11-13-28)22(30)31/h2-9,15H,10-13H2,1H3,(H,30,31). The Bertz CT molecular complexity index is 1070. The molecule has 1 aliphatic heterocycles. The van der Waals surface area contributed by atoms with E-state index in [2.05, 4.69) is 0 Å². The molecule has 1 aliphatic rings. The molecule has 1 amide bonds. The molecule has 5 nitrogen and oxygen atoms in total. The van der Waals surface area contributed by atoms with Crippen molar-refractivity contribution >= 4 is 41.3 Å². The molecule has 2 aromatic carbocycles. The average molecular weight is 500 g/mol. The summed E-state index contributed by atoms with van der Waals surface area (Å²) in [6, 6.07) is 9.65. The van der Waals surface area contributed by atoms with Crippen LogP contribution in [-0.2, 0) is 15.8 Å². The number of carboxylic acids is 1. The summed E-state index contributed by atoms with van der Waals surface area (Å²) in [7, 11) is 1.47. The number of likely N-dealkylation sites (tertiary alicyclic amines) is 1. The van der Waals surface area contributed by atoms with Crippen LogP contribution in [0.15, 0.2) is 52.3 Å². The van der Waals surface area contributed by atoms with Crippen molar-refractivity contribution in [1.29, 1.82) is 0 Å². The van der Waals surface area contributed by atoms with Gasteiger partial charge in [0, 0.05) is 24.1 Å². The maximum Gasteiger partial charge on any atom is 0.418 e. The summed E-state index contributed by atoms with van der Waals surface area (Å²) >= 11 is 7.24. The molecule has 1 N–H and O–H groups in total. The van der Waals surface area contributed by atoms with Gasteiger partial charge in [0.1, 0.15) is 5.75 Å². The van der Waals surface area contributed by atoms with E-state index in [9.17, 15) is 22.8 Å². The van der Waals surface area contributed by atoms with Crippen molar-refractivity contribution in [2.75, 3.05) is 20.2 Å². The fourth-order valence-corrected chi connectivity index (χ4v) is 4.87. The van der Waals surface area contributed by atoms with Crippen molar-refractivity contribution < 1.29 is 32.6 Å². The number of aliphatic carboxylic acids is 1. The third-order valence-corrected chi connectivity index (χ3v) is 6.89. The fraction of sp³-hybridized carbons (Fsp3) is 0.304. The molecule has 0 spiro atoms. The van der Waals surface area contributed by atoms with E-state index >= 15 is 0 Å². The van der Waals surface area contributed by atoms with Crippen LogP contribution in [0.5, 0.6) is 5.75 Å². The number of nitrogens with zero attached hydrogens (tertiary/aromatic N) is 1. The number of benzene rings is 2. The summed E-state index contributed by atoms with van der Waals surface area (Å²) in [6.07, 6.45) is -1.96. The van der Waals surface area contributed by atoms with Crippen LogP contribution in [0.25, 0.3) is 6.08 Å². The number of halogens is 4. The molecule has 33 heavy (non-hydrogen) atoms. The molecule has 0 radical (unpaired) electrons. The van der Waals surface area contributed by atoms with E-state index in [1.165, 1.54) is 24.1 Å². The van der Waals surface area contributed by atoms with E-state index in [1.807, 2.05) is 0 Å². The van der Waals surface area contributed by atoms with Crippen molar-refractivity contribution in [3.63, 3.8) is 0 Å². The summed E-state index contributed by atoms with van der Waals surface area (Å²) < 4.78 is 46.9. The minimum atomic E-state index is -4.74. The Balaban J connectivity index is 1.84. The van der Waals surface area contributed by atoms with Gasteiger partial charge in [-0.05, 0) is 42.7 Å². The lowest BCUT2D eigenvalue weighted by Crippen LogP contribution is -2.39. The molecule has 1 fully saturated rings. The molecule has 176 valence electrons. The number of hydrogen-bond donors (Lipinski definition) is 1. The Morgan fingerprint density at radius 3 is 2.42 bits per heavy atom. The number of ether oxygens (including phenoxy) is 1. The van der Waals surface area contributed by atoms with Crippen LogP contribution in [0.4, 0.5) is 13.2 Å². The fourth-order valence-electron chi connectivity index (χ4n) is 3.51. The molecule has 0 aromatic heterocycles. The van der Waals surface area contributed by atoms with Gasteiger partial charge in [0.2, 0.25) is 5.91 Å². The lowest BCUT2D eigenvalue weighted by molar-refractivity contribution is -0.144. The number of alkyl halides is 3. The molecular weight excluding hydrogens is 479 g/mol. The van der Waals surface area contributed by atoms with Crippen molar-refractivity contribution in [3.05, 3.63) is 58.6 Å². The predicted octanol–water partition coefficient (Wildman–Crippen LogP) is 5.86. The topological polar surface area (TPSA) is 66.8 Å². The quantitative estimate of drug-likeness (QED) is 0.505. The van der Waals surface area contributed by atoms with Crippen molar-refractivity contribution in [2.45, 2.75) is 28.8 Å². The summed E-state index contributed by atoms with van der Waals surface area (Å²) in [6.45, 7) is 0.475. The van der Waals surface area contributed by atoms with E-state index in [-0.39, 0.29) is 23.5 Å². The number of carboxylic acid groups (broad SMARTS) is 1. The van der Waals surface area contributed by atoms with Gasteiger partial charge in [0.25, 0.3) is 0 Å². The predicted molar refractivity (Wildman–Crippen MR) is 120 cm³/mol. The maximum absolute atomic E-state index is 13.9. The summed E-state index contributed by atoms with van der Waals surface area (Å²) in [5, 5.41) is 8.58. The zero-order valence-corrected chi connectivity index (χ0v) is 19.1. The van der Waals surface area contributed by atoms with Gasteiger partial charge in [-0.1, -0.05) is 41.6 Å². The van der Waals surface area contributed by atoms with Gasteiger partial charge in [-0.15, -0.1) is 0 Å². The Morgan fingerprint density at radius 2 is 1.82 bits per heavy atom. The van der Waals surface area contributed by atoms with E-state index in [0.29, 0.717) is 23.5 Å². The SMILES string of the molecule is COc1ccccc1Sc1ccc(C=CC(=O)N2CCC(C(=O)O)CC2)c(C(F)(F)F)c1Cl. The summed E-state index contributed by atoms with van der Waals surface area (Å²) in [5.74, 6) is -1.39. The van der Waals surface area contributed by atoms with Gasteiger partial charge < -0.3 is 14.7 Å². The van der Waals surface area contributed by atoms with E-state index < -0.39 is 34.6 Å². The maximum atomic E-state index is 13.9. The third-order valence-electron chi connectivity index (χ3n) is 5.27. The van der Waals surface area contributed by atoms with Gasteiger partial charge in [-0.3, -0.25) is 9.59 Å². The van der Waals surface area contributed by atoms with Gasteiger partial charge in [-0.2, -0.15) is 13.2 Å². The first-order valence-electron chi connectivity index (χ1n) is 10.0. The number of piperidine rings is 1. The van der Waals surface area contributed by atoms with Crippen LogP contribution in [-0.4, -0.2) is 42.1 Å². The van der Waals surface area contributed by atoms with Crippen molar-refractivity contribution in [2.24, 2.45) is 5.92 Å². The Kier molecular flexibility index (Phi) is 7.97. The molecule has 0 saturated carbocycles. The van der Waals surface area contributed by atoms with E-state index in [4.69, 9.17) is 21.4 Å². The zero-order valence-electron chi connectivity index (χ0n) is 17.6. The number of amides is 1. The van der Waals surface area contributed by atoms with Gasteiger partial charge in [-0.25, -0.2) is 0 Å². The number of methoxy groups -OCH3 is 1. The highest BCUT2D eigenvalue weighted by Gasteiger charge is 2.37. The largest absolute Gasteiger partial charge is 0.496 e. The molecule has 0 aliphatic carbocycles. The number of hydrogen-bond acceptors (Lipinski definition) is 4. The molecule has 1 saturated heterocycles. The van der Waals surface area contributed by atoms with E-state index in [1.54, 1.807) is 24.3 Å². The zero-order chi connectivity index (χ0) is 24.2. The first-order chi connectivity index (χ1) is 15.6. The lowest BCUT2D eigenvalue weighted by atomic mass is 9.97. The van der Waals surface area contributed by atoms with Gasteiger partial charge in [0.05, 0.1) is 28.5 Å². The molecule has 0 atom stereocenters. The number of rotatable bonds is 6. The number of para-hydroxylation sites is 1. The highest BCUT2D eigenvalue weighted by atomic mass is 35.5. The Morgan fingerprint density at radius 1 is 1.15 bits per heavy atom. The minimum Gasteiger partial charge on any atom is -0.496 e. The minimum absolute atomic E-state index is 0.202. The van der Waals surface area contributed by atoms with Crippen LogP contribution in [0.1, 0.15) is 24.0 Å². The molecule has 0 unspecified atom stereocenters. The molecule has 1 heterocycles. The second-order valence-electron chi connectivity index (χ2n) is 7.36. The van der Waals surface area contributed by atoms with Crippen molar-refractivity contribution in [3.8, 4) is 5.75 Å². The average Bonchev–Trinajstić information content (AvgIpc) is 2.78. The number of carbonyl (C=O) groups is 2. The second kappa shape index (κ2) is 10.5. The smallest absolute Gasteiger partial charge is 0.418 e. The highest BCUT2D eigenvalue weighted by molar-refractivity contribution is 7.99. The first-order valence-corrected chi connectivity index (χ1v) is 11.2. The van der Waals surface area contributed by atoms with Crippen LogP contribution >= 0.6 is 23.4 Å². The molecular formula is C23H21ClF3NO4S. The van der Waals surface area contributed by atoms with E-state index in [0.717, 1.165) is 23.9 Å². The lowest BCUT2D eigenvalue weighted by Gasteiger charge is -2.29. The summed E-state index contributed by atoms with van der Waals surface area (Å²) in [5.41, 5.74) is -1.26. The van der Waals surface area contributed by atoms with Crippen LogP contribution < -0.4 is 4.74 Å². The Hall–Kier alpha value is -2.65.